The van der Waals surface area contributed by atoms with E-state index >= 15 is 0 Å². The summed E-state index contributed by atoms with van der Waals surface area (Å²) in [5.41, 5.74) is 4.95. The number of amides is 1. The third-order valence-electron chi connectivity index (χ3n) is 3.92. The molecule has 5 heteroatoms. The number of carbonyl (C=O) groups excluding carboxylic acids is 1. The van der Waals surface area contributed by atoms with E-state index in [4.69, 9.17) is 15.2 Å². The van der Waals surface area contributed by atoms with Gasteiger partial charge in [0.05, 0.1) is 12.7 Å². The highest BCUT2D eigenvalue weighted by Gasteiger charge is 2.49. The molecule has 1 aliphatic heterocycles. The van der Waals surface area contributed by atoms with Crippen LogP contribution in [0.2, 0.25) is 0 Å². The predicted octanol–water partition coefficient (Wildman–Crippen LogP) is 0.426. The van der Waals surface area contributed by atoms with E-state index in [1.54, 1.807) is 0 Å². The molecule has 0 aromatic heterocycles. The number of nitrogens with two attached hydrogens (primary N) is 1. The standard InChI is InChI=1S/C13H24N2O3/c1-2-15-13(12(14)16,10-3-4-10)9-18-11-5-7-17-8-6-11/h10-11,15H,2-9H2,1H3,(H2,14,16). The lowest BCUT2D eigenvalue weighted by molar-refractivity contribution is -0.131. The summed E-state index contributed by atoms with van der Waals surface area (Å²) in [4.78, 5) is 11.8. The van der Waals surface area contributed by atoms with Gasteiger partial charge in [-0.25, -0.2) is 0 Å². The summed E-state index contributed by atoms with van der Waals surface area (Å²) in [6, 6.07) is 0. The Morgan fingerprint density at radius 2 is 2.06 bits per heavy atom. The molecule has 1 unspecified atom stereocenters. The molecule has 0 aromatic rings. The number of rotatable bonds is 7. The first kappa shape index (κ1) is 13.8. The minimum absolute atomic E-state index is 0.204. The van der Waals surface area contributed by atoms with Gasteiger partial charge in [0.2, 0.25) is 5.91 Å². The number of nitrogens with one attached hydrogen (secondary N) is 1. The van der Waals surface area contributed by atoms with Crippen molar-refractivity contribution in [3.63, 3.8) is 0 Å². The minimum Gasteiger partial charge on any atom is -0.381 e. The highest BCUT2D eigenvalue weighted by Crippen LogP contribution is 2.40. The number of hydrogen-bond donors (Lipinski definition) is 2. The average molecular weight is 256 g/mol. The van der Waals surface area contributed by atoms with E-state index in [2.05, 4.69) is 5.32 Å². The first-order valence-electron chi connectivity index (χ1n) is 6.93. The maximum Gasteiger partial charge on any atom is 0.240 e. The number of ether oxygens (including phenoxy) is 2. The van der Waals surface area contributed by atoms with E-state index < -0.39 is 5.54 Å². The van der Waals surface area contributed by atoms with Crippen LogP contribution in [-0.4, -0.2) is 43.9 Å². The van der Waals surface area contributed by atoms with Crippen LogP contribution in [0.15, 0.2) is 0 Å². The van der Waals surface area contributed by atoms with Crippen molar-refractivity contribution >= 4 is 5.91 Å². The van der Waals surface area contributed by atoms with Gasteiger partial charge in [-0.05, 0) is 38.1 Å². The Hall–Kier alpha value is -0.650. The Labute approximate surface area is 108 Å². The molecular weight excluding hydrogens is 232 g/mol. The summed E-state index contributed by atoms with van der Waals surface area (Å²) in [6.45, 7) is 4.62. The number of carbonyl (C=O) groups is 1. The fourth-order valence-electron chi connectivity index (χ4n) is 2.66. The van der Waals surface area contributed by atoms with Crippen LogP contribution in [0.25, 0.3) is 0 Å². The molecule has 1 saturated carbocycles. The zero-order valence-corrected chi connectivity index (χ0v) is 11.1. The second kappa shape index (κ2) is 5.99. The molecule has 2 aliphatic rings. The number of hydrogen-bond acceptors (Lipinski definition) is 4. The molecule has 0 aromatic carbocycles. The molecule has 2 fully saturated rings. The largest absolute Gasteiger partial charge is 0.381 e. The Morgan fingerprint density at radius 1 is 1.39 bits per heavy atom. The van der Waals surface area contributed by atoms with Gasteiger partial charge in [0.15, 0.2) is 0 Å². The van der Waals surface area contributed by atoms with Crippen molar-refractivity contribution in [2.75, 3.05) is 26.4 Å². The van der Waals surface area contributed by atoms with Crippen molar-refractivity contribution in [2.45, 2.75) is 44.2 Å². The van der Waals surface area contributed by atoms with Gasteiger partial charge in [0.1, 0.15) is 5.54 Å². The summed E-state index contributed by atoms with van der Waals surface area (Å²) >= 11 is 0. The van der Waals surface area contributed by atoms with Gasteiger partial charge in [0, 0.05) is 13.2 Å². The van der Waals surface area contributed by atoms with Gasteiger partial charge in [-0.2, -0.15) is 0 Å². The maximum atomic E-state index is 11.8. The molecule has 18 heavy (non-hydrogen) atoms. The Bertz CT molecular complexity index is 288. The second-order valence-electron chi connectivity index (χ2n) is 5.26. The van der Waals surface area contributed by atoms with Crippen LogP contribution in [0.3, 0.4) is 0 Å². The lowest BCUT2D eigenvalue weighted by atomic mass is 9.93. The van der Waals surface area contributed by atoms with Crippen molar-refractivity contribution in [1.29, 1.82) is 0 Å². The fraction of sp³-hybridized carbons (Fsp3) is 0.923. The molecule has 0 spiro atoms. The number of primary amides is 1. The van der Waals surface area contributed by atoms with E-state index in [1.165, 1.54) is 0 Å². The fourth-order valence-corrected chi connectivity index (χ4v) is 2.66. The van der Waals surface area contributed by atoms with Gasteiger partial charge >= 0.3 is 0 Å². The van der Waals surface area contributed by atoms with Crippen molar-refractivity contribution in [3.05, 3.63) is 0 Å². The summed E-state index contributed by atoms with van der Waals surface area (Å²) < 4.78 is 11.2. The molecule has 2 rings (SSSR count). The van der Waals surface area contributed by atoms with E-state index in [9.17, 15) is 4.79 Å². The highest BCUT2D eigenvalue weighted by molar-refractivity contribution is 5.85. The van der Waals surface area contributed by atoms with Gasteiger partial charge in [0.25, 0.3) is 0 Å². The van der Waals surface area contributed by atoms with Crippen LogP contribution in [0.4, 0.5) is 0 Å². The van der Waals surface area contributed by atoms with Crippen molar-refractivity contribution in [3.8, 4) is 0 Å². The van der Waals surface area contributed by atoms with E-state index in [0.717, 1.165) is 45.4 Å². The number of likely N-dealkylation sites (N-methyl/N-ethyl adjacent to an activating group) is 1. The molecule has 5 nitrogen and oxygen atoms in total. The third-order valence-corrected chi connectivity index (χ3v) is 3.92. The Morgan fingerprint density at radius 3 is 2.56 bits per heavy atom. The maximum absolute atomic E-state index is 11.8. The lowest BCUT2D eigenvalue weighted by Crippen LogP contribution is -2.60. The van der Waals surface area contributed by atoms with E-state index in [-0.39, 0.29) is 12.0 Å². The van der Waals surface area contributed by atoms with Crippen molar-refractivity contribution < 1.29 is 14.3 Å². The lowest BCUT2D eigenvalue weighted by Gasteiger charge is -2.34. The first-order chi connectivity index (χ1) is 8.69. The summed E-state index contributed by atoms with van der Waals surface area (Å²) in [6.07, 6.45) is 4.15. The molecular formula is C13H24N2O3. The Kier molecular flexibility index (Phi) is 4.59. The molecule has 1 amide bonds. The van der Waals surface area contributed by atoms with Gasteiger partial charge in [-0.15, -0.1) is 0 Å². The predicted molar refractivity (Wildman–Crippen MR) is 68.1 cm³/mol. The highest BCUT2D eigenvalue weighted by atomic mass is 16.5. The molecule has 0 bridgehead atoms. The first-order valence-corrected chi connectivity index (χ1v) is 6.93. The third kappa shape index (κ3) is 3.02. The molecule has 1 saturated heterocycles. The molecule has 1 heterocycles. The van der Waals surface area contributed by atoms with Crippen LogP contribution >= 0.6 is 0 Å². The van der Waals surface area contributed by atoms with Gasteiger partial charge in [-0.3, -0.25) is 4.79 Å². The van der Waals surface area contributed by atoms with Crippen LogP contribution in [-0.2, 0) is 14.3 Å². The molecule has 1 aliphatic carbocycles. The van der Waals surface area contributed by atoms with Crippen molar-refractivity contribution in [1.82, 2.24) is 5.32 Å². The minimum atomic E-state index is -0.660. The summed E-state index contributed by atoms with van der Waals surface area (Å²) in [7, 11) is 0. The zero-order valence-electron chi connectivity index (χ0n) is 11.1. The zero-order chi connectivity index (χ0) is 13.0. The Balaban J connectivity index is 1.93. The SMILES string of the molecule is CCNC(COC1CCOCC1)(C(N)=O)C1CC1. The van der Waals surface area contributed by atoms with Crippen LogP contribution < -0.4 is 11.1 Å². The smallest absolute Gasteiger partial charge is 0.240 e. The summed E-state index contributed by atoms with van der Waals surface area (Å²) in [5.74, 6) is 0.0636. The van der Waals surface area contributed by atoms with Crippen LogP contribution in [0.5, 0.6) is 0 Å². The molecule has 1 atom stereocenters. The van der Waals surface area contributed by atoms with Gasteiger partial charge < -0.3 is 20.5 Å². The van der Waals surface area contributed by atoms with Crippen LogP contribution in [0, 0.1) is 5.92 Å². The molecule has 104 valence electrons. The second-order valence-corrected chi connectivity index (χ2v) is 5.26. The average Bonchev–Trinajstić information content (AvgIpc) is 3.20. The van der Waals surface area contributed by atoms with E-state index in [1.807, 2.05) is 6.92 Å². The quantitative estimate of drug-likeness (QED) is 0.692. The van der Waals surface area contributed by atoms with Crippen molar-refractivity contribution in [2.24, 2.45) is 11.7 Å². The molecule has 3 N–H and O–H groups in total. The molecule has 0 radical (unpaired) electrons. The normalized spacial score (nSPS) is 24.7. The van der Waals surface area contributed by atoms with Crippen LogP contribution in [0.1, 0.15) is 32.6 Å². The van der Waals surface area contributed by atoms with E-state index in [0.29, 0.717) is 12.5 Å². The topological polar surface area (TPSA) is 73.6 Å². The summed E-state index contributed by atoms with van der Waals surface area (Å²) in [5, 5.41) is 3.27. The monoisotopic (exact) mass is 256 g/mol. The van der Waals surface area contributed by atoms with Gasteiger partial charge in [-0.1, -0.05) is 6.92 Å².